The highest BCUT2D eigenvalue weighted by molar-refractivity contribution is 6.08. The number of nitrogens with one attached hydrogen (secondary N) is 1. The number of hydrogen-bond acceptors (Lipinski definition) is 5. The number of halogens is 1. The summed E-state index contributed by atoms with van der Waals surface area (Å²) in [5.74, 6) is 0.568. The van der Waals surface area contributed by atoms with Crippen LogP contribution in [0.25, 0.3) is 10.9 Å². The molecule has 0 spiro atoms. The number of fused-ring (bicyclic) bond motifs is 1. The highest BCUT2D eigenvalue weighted by Crippen LogP contribution is 2.26. The number of rotatable bonds is 3. The summed E-state index contributed by atoms with van der Waals surface area (Å²) < 4.78 is 21.6. The fourth-order valence-corrected chi connectivity index (χ4v) is 2.75. The second-order valence-electron chi connectivity index (χ2n) is 6.09. The van der Waals surface area contributed by atoms with Crippen LogP contribution in [-0.4, -0.2) is 27.5 Å². The molecule has 2 aromatic carbocycles. The number of benzene rings is 2. The average Bonchev–Trinajstić information content (AvgIpc) is 3.07. The van der Waals surface area contributed by atoms with Gasteiger partial charge in [-0.25, -0.2) is 14.4 Å². The Morgan fingerprint density at radius 1 is 1.15 bits per heavy atom. The average molecular weight is 349 g/mol. The van der Waals surface area contributed by atoms with Crippen molar-refractivity contribution < 1.29 is 10.9 Å². The maximum absolute atomic E-state index is 13.2. The van der Waals surface area contributed by atoms with Crippen LogP contribution in [0.2, 0.25) is 0 Å². The van der Waals surface area contributed by atoms with E-state index in [2.05, 4.69) is 20.3 Å². The quantitative estimate of drug-likeness (QED) is 0.758. The predicted molar refractivity (Wildman–Crippen MR) is 99.7 cm³/mol. The fraction of sp³-hybridized carbons (Fsp3) is 0.150. The topological polar surface area (TPSA) is 70.4 Å². The molecule has 130 valence electrons. The number of aliphatic hydroxyl groups is 1. The zero-order valence-electron chi connectivity index (χ0n) is 15.1. The zero-order chi connectivity index (χ0) is 19.0. The van der Waals surface area contributed by atoms with Gasteiger partial charge in [-0.2, -0.15) is 0 Å². The summed E-state index contributed by atoms with van der Waals surface area (Å²) >= 11 is 0. The van der Waals surface area contributed by atoms with E-state index < -0.39 is 11.9 Å². The van der Waals surface area contributed by atoms with E-state index in [1.54, 1.807) is 6.07 Å². The second kappa shape index (κ2) is 6.65. The summed E-state index contributed by atoms with van der Waals surface area (Å²) in [6, 6.07) is 12.4. The highest BCUT2D eigenvalue weighted by Gasteiger charge is 2.18. The van der Waals surface area contributed by atoms with E-state index in [-0.39, 0.29) is 11.4 Å². The third-order valence-corrected chi connectivity index (χ3v) is 4.06. The van der Waals surface area contributed by atoms with Crippen molar-refractivity contribution >= 4 is 22.6 Å². The Kier molecular flexibility index (Phi) is 3.88. The molecule has 1 atom stereocenters. The molecule has 6 heteroatoms. The van der Waals surface area contributed by atoms with Gasteiger partial charge in [0, 0.05) is 5.39 Å². The van der Waals surface area contributed by atoms with Gasteiger partial charge in [0.2, 0.25) is 0 Å². The van der Waals surface area contributed by atoms with Gasteiger partial charge in [0.1, 0.15) is 23.6 Å². The zero-order valence-corrected chi connectivity index (χ0v) is 14.1. The molecule has 4 rings (SSSR count). The Labute approximate surface area is 151 Å². The summed E-state index contributed by atoms with van der Waals surface area (Å²) in [6.07, 6.45) is -0.305. The largest absolute Gasteiger partial charge is 0.380 e. The number of aromatic nitrogens is 2. The van der Waals surface area contributed by atoms with Crippen molar-refractivity contribution in [1.82, 2.24) is 9.97 Å². The van der Waals surface area contributed by atoms with Crippen LogP contribution in [0.15, 0.2) is 65.2 Å². The van der Waals surface area contributed by atoms with Crippen LogP contribution < -0.4 is 5.32 Å². The molecule has 0 saturated carbocycles. The molecule has 26 heavy (non-hydrogen) atoms. The lowest BCUT2D eigenvalue weighted by Gasteiger charge is -2.14. The number of hydrogen-bond donors (Lipinski definition) is 2. The number of nitrogens with zero attached hydrogens (tertiary/aromatic N) is 3. The Morgan fingerprint density at radius 3 is 2.65 bits per heavy atom. The van der Waals surface area contributed by atoms with Gasteiger partial charge in [0.25, 0.3) is 0 Å². The number of amidine groups is 1. The van der Waals surface area contributed by atoms with Gasteiger partial charge in [0.15, 0.2) is 5.82 Å². The number of aliphatic imine (C=N–C) groups is 1. The van der Waals surface area contributed by atoms with Crippen molar-refractivity contribution in [3.63, 3.8) is 0 Å². The van der Waals surface area contributed by atoms with Crippen molar-refractivity contribution in [2.45, 2.75) is 13.0 Å². The summed E-state index contributed by atoms with van der Waals surface area (Å²) in [7, 11) is 0. The van der Waals surface area contributed by atoms with Crippen molar-refractivity contribution in [3.8, 4) is 0 Å². The Balaban J connectivity index is 1.82. The van der Waals surface area contributed by atoms with E-state index in [1.807, 2.05) is 31.2 Å². The number of anilines is 1. The monoisotopic (exact) mass is 349 g/mol. The first-order chi connectivity index (χ1) is 12.9. The van der Waals surface area contributed by atoms with Gasteiger partial charge in [-0.3, -0.25) is 4.99 Å². The molecule has 1 aliphatic heterocycles. The summed E-state index contributed by atoms with van der Waals surface area (Å²) in [4.78, 5) is 13.1. The van der Waals surface area contributed by atoms with Gasteiger partial charge in [0.05, 0.1) is 13.4 Å². The molecule has 5 nitrogen and oxygen atoms in total. The standard InChI is InChI=1S/C20H17FN4O/c1-12-10-17(22-11-12)24-19-15-4-2-3-5-16(15)23-20(25-19)18(26)13-6-8-14(21)9-7-13/h2-10,18,26H,11H2,1H3,(H,22,23,24,25)/i18D. The second-order valence-corrected chi connectivity index (χ2v) is 6.09. The SMILES string of the molecule is [2H]C(O)(c1ccc(F)cc1)c1nc(NC2=NCC(C)=C2)c2ccccc2n1. The van der Waals surface area contributed by atoms with E-state index in [4.69, 9.17) is 1.37 Å². The third kappa shape index (κ3) is 3.19. The first-order valence-electron chi connectivity index (χ1n) is 8.68. The van der Waals surface area contributed by atoms with E-state index in [0.717, 1.165) is 11.0 Å². The van der Waals surface area contributed by atoms with Crippen LogP contribution in [0.3, 0.4) is 0 Å². The van der Waals surface area contributed by atoms with E-state index in [0.29, 0.717) is 23.7 Å². The molecule has 1 unspecified atom stereocenters. The molecule has 0 fully saturated rings. The summed E-state index contributed by atoms with van der Waals surface area (Å²) in [6.45, 7) is 2.61. The lowest BCUT2D eigenvalue weighted by molar-refractivity contribution is 0.210. The molecule has 1 aromatic heterocycles. The Bertz CT molecular complexity index is 1080. The van der Waals surface area contributed by atoms with Crippen LogP contribution >= 0.6 is 0 Å². The molecule has 0 radical (unpaired) electrons. The summed E-state index contributed by atoms with van der Waals surface area (Å²) in [5, 5.41) is 14.7. The predicted octanol–water partition coefficient (Wildman–Crippen LogP) is 3.62. The molecule has 1 aliphatic rings. The molecular weight excluding hydrogens is 331 g/mol. The number of para-hydroxylation sites is 1. The van der Waals surface area contributed by atoms with E-state index in [9.17, 15) is 9.50 Å². The van der Waals surface area contributed by atoms with Crippen LogP contribution in [-0.2, 0) is 0 Å². The van der Waals surface area contributed by atoms with Crippen molar-refractivity contribution in [1.29, 1.82) is 0 Å². The third-order valence-electron chi connectivity index (χ3n) is 4.06. The molecule has 0 amide bonds. The van der Waals surface area contributed by atoms with Gasteiger partial charge in [-0.15, -0.1) is 0 Å². The first kappa shape index (κ1) is 15.2. The minimum atomic E-state index is -2.22. The van der Waals surface area contributed by atoms with Crippen molar-refractivity contribution in [2.24, 2.45) is 4.99 Å². The van der Waals surface area contributed by atoms with Gasteiger partial charge < -0.3 is 10.4 Å². The minimum absolute atomic E-state index is 0.102. The van der Waals surface area contributed by atoms with E-state index in [1.165, 1.54) is 24.3 Å². The van der Waals surface area contributed by atoms with Crippen molar-refractivity contribution in [2.75, 3.05) is 11.9 Å². The van der Waals surface area contributed by atoms with Gasteiger partial charge in [-0.1, -0.05) is 24.3 Å². The smallest absolute Gasteiger partial charge is 0.164 e. The minimum Gasteiger partial charge on any atom is -0.380 e. The van der Waals surface area contributed by atoms with Crippen LogP contribution in [0, 0.1) is 5.82 Å². The maximum atomic E-state index is 13.2. The summed E-state index contributed by atoms with van der Waals surface area (Å²) in [5.41, 5.74) is 1.88. The maximum Gasteiger partial charge on any atom is 0.164 e. The van der Waals surface area contributed by atoms with Crippen LogP contribution in [0.4, 0.5) is 10.2 Å². The molecular formula is C20H17FN4O. The van der Waals surface area contributed by atoms with Crippen molar-refractivity contribution in [3.05, 3.63) is 77.4 Å². The molecule has 0 aliphatic carbocycles. The molecule has 2 N–H and O–H groups in total. The Hall–Kier alpha value is -3.12. The van der Waals surface area contributed by atoms with Gasteiger partial charge >= 0.3 is 0 Å². The Morgan fingerprint density at radius 2 is 1.92 bits per heavy atom. The van der Waals surface area contributed by atoms with Gasteiger partial charge in [-0.05, 0) is 48.4 Å². The lowest BCUT2D eigenvalue weighted by Crippen LogP contribution is -2.13. The molecule has 3 aromatic rings. The lowest BCUT2D eigenvalue weighted by atomic mass is 10.1. The molecule has 0 saturated heterocycles. The highest BCUT2D eigenvalue weighted by atomic mass is 19.1. The first-order valence-corrected chi connectivity index (χ1v) is 8.18. The molecule has 2 heterocycles. The normalized spacial score (nSPS) is 16.7. The molecule has 0 bridgehead atoms. The van der Waals surface area contributed by atoms with Crippen LogP contribution in [0.5, 0.6) is 0 Å². The van der Waals surface area contributed by atoms with Crippen LogP contribution in [0.1, 0.15) is 25.8 Å². The van der Waals surface area contributed by atoms with E-state index >= 15 is 0 Å². The fourth-order valence-electron chi connectivity index (χ4n) is 2.75.